The van der Waals surface area contributed by atoms with Crippen molar-refractivity contribution in [1.29, 1.82) is 0 Å². The Balaban J connectivity index is 1.59. The van der Waals surface area contributed by atoms with E-state index in [1.54, 1.807) is 6.21 Å². The van der Waals surface area contributed by atoms with Gasteiger partial charge in [-0.25, -0.2) is 5.43 Å². The van der Waals surface area contributed by atoms with Crippen molar-refractivity contribution in [1.82, 2.24) is 9.99 Å². The molecule has 0 unspecified atom stereocenters. The Labute approximate surface area is 199 Å². The molecule has 0 saturated heterocycles. The minimum Gasteiger partial charge on any atom is -0.318 e. The van der Waals surface area contributed by atoms with Gasteiger partial charge in [0.05, 0.1) is 12.1 Å². The Kier molecular flexibility index (Phi) is 6.76. The van der Waals surface area contributed by atoms with E-state index in [4.69, 9.17) is 11.6 Å². The van der Waals surface area contributed by atoms with E-state index >= 15 is 0 Å². The fourth-order valence-electron chi connectivity index (χ4n) is 4.13. The highest BCUT2D eigenvalue weighted by Crippen LogP contribution is 2.26. The highest BCUT2D eigenvalue weighted by atomic mass is 35.5. The van der Waals surface area contributed by atoms with Gasteiger partial charge in [-0.2, -0.15) is 5.10 Å². The Morgan fingerprint density at radius 2 is 1.52 bits per heavy atom. The number of halogens is 1. The molecule has 1 amide bonds. The second-order valence-corrected chi connectivity index (χ2v) is 8.52. The van der Waals surface area contributed by atoms with Crippen molar-refractivity contribution in [2.24, 2.45) is 5.10 Å². The molecule has 0 fully saturated rings. The molecule has 0 saturated carbocycles. The quantitative estimate of drug-likeness (QED) is 0.267. The Morgan fingerprint density at radius 1 is 0.909 bits per heavy atom. The maximum Gasteiger partial charge on any atom is 0.252 e. The number of amides is 1. The minimum atomic E-state index is -0.439. The van der Waals surface area contributed by atoms with Crippen LogP contribution in [0.25, 0.3) is 5.69 Å². The molecule has 4 rings (SSSR count). The summed E-state index contributed by atoms with van der Waals surface area (Å²) in [5, 5.41) is 4.99. The van der Waals surface area contributed by atoms with Crippen molar-refractivity contribution >= 4 is 23.7 Å². The number of nitrogens with one attached hydrogen (secondary N) is 1. The number of aromatic nitrogens is 1. The lowest BCUT2D eigenvalue weighted by Gasteiger charge is -2.16. The largest absolute Gasteiger partial charge is 0.318 e. The molecule has 0 radical (unpaired) electrons. The summed E-state index contributed by atoms with van der Waals surface area (Å²) < 4.78 is 2.15. The van der Waals surface area contributed by atoms with Crippen molar-refractivity contribution in [2.45, 2.75) is 26.7 Å². The van der Waals surface area contributed by atoms with Crippen LogP contribution in [0.5, 0.6) is 0 Å². The molecule has 5 heteroatoms. The number of rotatable bonds is 6. The third-order valence-electron chi connectivity index (χ3n) is 5.79. The predicted octanol–water partition coefficient (Wildman–Crippen LogP) is 6.34. The first kappa shape index (κ1) is 22.6. The van der Waals surface area contributed by atoms with Gasteiger partial charge in [0, 0.05) is 27.7 Å². The smallest absolute Gasteiger partial charge is 0.252 e. The normalized spacial score (nSPS) is 11.3. The van der Waals surface area contributed by atoms with Crippen LogP contribution in [-0.4, -0.2) is 16.7 Å². The SMILES string of the molecule is Cc1ccc(Cl)cc1-n1c(C)cc(/C=N\NC(=O)C(c2ccccc2)c2ccccc2)c1C. The molecule has 166 valence electrons. The first-order chi connectivity index (χ1) is 16.0. The molecule has 0 aliphatic heterocycles. The third kappa shape index (κ3) is 4.91. The van der Waals surface area contributed by atoms with Gasteiger partial charge < -0.3 is 4.57 Å². The van der Waals surface area contributed by atoms with Crippen LogP contribution in [0.1, 0.15) is 39.6 Å². The van der Waals surface area contributed by atoms with E-state index in [0.29, 0.717) is 5.02 Å². The summed E-state index contributed by atoms with van der Waals surface area (Å²) in [6.07, 6.45) is 1.70. The van der Waals surface area contributed by atoms with Crippen LogP contribution in [0.3, 0.4) is 0 Å². The summed E-state index contributed by atoms with van der Waals surface area (Å²) in [5.41, 5.74) is 9.78. The van der Waals surface area contributed by atoms with Crippen LogP contribution >= 0.6 is 11.6 Å². The van der Waals surface area contributed by atoms with E-state index in [0.717, 1.165) is 39.3 Å². The molecule has 3 aromatic carbocycles. The van der Waals surface area contributed by atoms with Crippen LogP contribution in [0.2, 0.25) is 5.02 Å². The zero-order valence-electron chi connectivity index (χ0n) is 18.9. The van der Waals surface area contributed by atoms with Crippen LogP contribution in [0, 0.1) is 20.8 Å². The second-order valence-electron chi connectivity index (χ2n) is 8.08. The molecule has 0 aliphatic rings. The van der Waals surface area contributed by atoms with Crippen LogP contribution in [0.15, 0.2) is 90.0 Å². The van der Waals surface area contributed by atoms with Crippen LogP contribution in [0.4, 0.5) is 0 Å². The number of hydrogen-bond acceptors (Lipinski definition) is 2. The summed E-state index contributed by atoms with van der Waals surface area (Å²) in [7, 11) is 0. The highest BCUT2D eigenvalue weighted by molar-refractivity contribution is 6.30. The molecule has 1 aromatic heterocycles. The number of nitrogens with zero attached hydrogens (tertiary/aromatic N) is 2. The van der Waals surface area contributed by atoms with Gasteiger partial charge in [0.25, 0.3) is 5.91 Å². The number of benzene rings is 3. The topological polar surface area (TPSA) is 46.4 Å². The van der Waals surface area contributed by atoms with Gasteiger partial charge in [0.2, 0.25) is 0 Å². The van der Waals surface area contributed by atoms with Gasteiger partial charge in [-0.05, 0) is 55.7 Å². The van der Waals surface area contributed by atoms with Gasteiger partial charge in [-0.3, -0.25) is 4.79 Å². The molecular formula is C28H26ClN3O. The molecule has 0 spiro atoms. The molecule has 0 atom stereocenters. The number of hydrogen-bond donors (Lipinski definition) is 1. The van der Waals surface area contributed by atoms with Crippen molar-refractivity contribution < 1.29 is 4.79 Å². The molecule has 4 nitrogen and oxygen atoms in total. The predicted molar refractivity (Wildman–Crippen MR) is 135 cm³/mol. The monoisotopic (exact) mass is 455 g/mol. The Morgan fingerprint density at radius 3 is 2.12 bits per heavy atom. The molecular weight excluding hydrogens is 430 g/mol. The maximum atomic E-state index is 13.2. The van der Waals surface area contributed by atoms with Crippen molar-refractivity contribution in [3.8, 4) is 5.69 Å². The van der Waals surface area contributed by atoms with Crippen molar-refractivity contribution in [2.75, 3.05) is 0 Å². The van der Waals surface area contributed by atoms with Gasteiger partial charge in [-0.1, -0.05) is 78.3 Å². The van der Waals surface area contributed by atoms with Crippen molar-refractivity contribution in [3.63, 3.8) is 0 Å². The molecule has 1 heterocycles. The molecule has 0 bridgehead atoms. The van der Waals surface area contributed by atoms with Gasteiger partial charge in [-0.15, -0.1) is 0 Å². The minimum absolute atomic E-state index is 0.178. The summed E-state index contributed by atoms with van der Waals surface area (Å²) in [6, 6.07) is 27.4. The summed E-state index contributed by atoms with van der Waals surface area (Å²) in [4.78, 5) is 13.2. The van der Waals surface area contributed by atoms with Gasteiger partial charge in [0.1, 0.15) is 0 Å². The second kappa shape index (κ2) is 9.88. The summed E-state index contributed by atoms with van der Waals surface area (Å²) in [6.45, 7) is 6.14. The summed E-state index contributed by atoms with van der Waals surface area (Å²) >= 11 is 6.24. The maximum absolute atomic E-state index is 13.2. The first-order valence-electron chi connectivity index (χ1n) is 10.8. The van der Waals surface area contributed by atoms with Crippen molar-refractivity contribution in [3.05, 3.63) is 124 Å². The standard InChI is InChI=1S/C28H26ClN3O/c1-19-14-15-25(29)17-26(19)32-20(2)16-24(21(32)3)18-30-31-28(33)27(22-10-6-4-7-11-22)23-12-8-5-9-13-23/h4-18,27H,1-3H3,(H,31,33)/b30-18-. The fraction of sp³-hybridized carbons (Fsp3) is 0.143. The third-order valence-corrected chi connectivity index (χ3v) is 6.02. The van der Waals surface area contributed by atoms with Gasteiger partial charge in [0.15, 0.2) is 0 Å². The average molecular weight is 456 g/mol. The van der Waals surface area contributed by atoms with E-state index in [1.165, 1.54) is 0 Å². The lowest BCUT2D eigenvalue weighted by molar-refractivity contribution is -0.121. The van der Waals surface area contributed by atoms with Crippen LogP contribution < -0.4 is 5.43 Å². The molecule has 33 heavy (non-hydrogen) atoms. The van der Waals surface area contributed by atoms with Gasteiger partial charge >= 0.3 is 0 Å². The lowest BCUT2D eigenvalue weighted by Crippen LogP contribution is -2.26. The fourth-order valence-corrected chi connectivity index (χ4v) is 4.29. The number of carbonyl (C=O) groups is 1. The van der Waals surface area contributed by atoms with E-state index < -0.39 is 5.92 Å². The van der Waals surface area contributed by atoms with Crippen LogP contribution in [-0.2, 0) is 4.79 Å². The van der Waals surface area contributed by atoms with E-state index in [1.807, 2.05) is 92.7 Å². The Hall–Kier alpha value is -3.63. The molecule has 0 aliphatic carbocycles. The van der Waals surface area contributed by atoms with E-state index in [9.17, 15) is 4.79 Å². The zero-order chi connectivity index (χ0) is 23.4. The molecule has 4 aromatic rings. The zero-order valence-corrected chi connectivity index (χ0v) is 19.7. The summed E-state index contributed by atoms with van der Waals surface area (Å²) in [5.74, 6) is -0.616. The Bertz CT molecular complexity index is 1250. The van der Waals surface area contributed by atoms with E-state index in [-0.39, 0.29) is 5.91 Å². The van der Waals surface area contributed by atoms with E-state index in [2.05, 4.69) is 28.1 Å². The highest BCUT2D eigenvalue weighted by Gasteiger charge is 2.22. The number of aryl methyl sites for hydroxylation is 2. The average Bonchev–Trinajstić information content (AvgIpc) is 3.10. The first-order valence-corrected chi connectivity index (χ1v) is 11.2. The lowest BCUT2D eigenvalue weighted by atomic mass is 9.91. The number of carbonyl (C=O) groups excluding carboxylic acids is 1. The molecule has 1 N–H and O–H groups in total. The number of hydrazone groups is 1.